The molecule has 0 spiro atoms. The van der Waals surface area contributed by atoms with Crippen molar-refractivity contribution in [1.29, 1.82) is 0 Å². The summed E-state index contributed by atoms with van der Waals surface area (Å²) in [6.45, 7) is 10.8. The van der Waals surface area contributed by atoms with Gasteiger partial charge in [-0.25, -0.2) is 4.79 Å². The number of carbonyl (C=O) groups excluding carboxylic acids is 1. The van der Waals surface area contributed by atoms with Crippen LogP contribution in [0.5, 0.6) is 0 Å². The first kappa shape index (κ1) is 22.5. The van der Waals surface area contributed by atoms with Crippen LogP contribution in [-0.4, -0.2) is 35.1 Å². The molecule has 0 amide bonds. The van der Waals surface area contributed by atoms with Crippen LogP contribution in [0.25, 0.3) is 0 Å². The maximum absolute atomic E-state index is 10.4. The van der Waals surface area contributed by atoms with Gasteiger partial charge in [-0.2, -0.15) is 24.6 Å². The third-order valence-corrected chi connectivity index (χ3v) is 1.90. The molecule has 1 unspecified atom stereocenters. The number of carbonyl (C=O) groups is 1. The number of benzene rings is 1. The van der Waals surface area contributed by atoms with Crippen molar-refractivity contribution in [1.82, 2.24) is 0 Å². The third-order valence-electron chi connectivity index (χ3n) is 1.90. The van der Waals surface area contributed by atoms with Crippen LogP contribution in [-0.2, 0) is 9.53 Å². The molecule has 0 aliphatic rings. The van der Waals surface area contributed by atoms with E-state index < -0.39 is 0 Å². The molecular weight excluding hydrogens is 260 g/mol. The van der Waals surface area contributed by atoms with Crippen LogP contribution in [0.2, 0.25) is 0 Å². The molecule has 2 nitrogen and oxygen atoms in total. The van der Waals surface area contributed by atoms with Crippen LogP contribution in [0.4, 0.5) is 0 Å². The minimum absolute atomic E-state index is 0. The monoisotopic (exact) mass is 278 g/mol. The van der Waals surface area contributed by atoms with E-state index >= 15 is 0 Å². The first-order chi connectivity index (χ1) is 7.60. The maximum Gasteiger partial charge on any atom is 2.00 e. The molecule has 0 heterocycles. The summed E-state index contributed by atoms with van der Waals surface area (Å²) in [5.74, 6) is -0.343. The minimum Gasteiger partial charge on any atom is -1.00 e. The third kappa shape index (κ3) is 13.4. The molecule has 0 radical (unpaired) electrons. The van der Waals surface area contributed by atoms with Crippen molar-refractivity contribution in [3.8, 4) is 0 Å². The van der Waals surface area contributed by atoms with E-state index in [0.717, 1.165) is 12.0 Å². The molecule has 0 aromatic heterocycles. The number of hydrogen-bond acceptors (Lipinski definition) is 2. The minimum atomic E-state index is -0.343. The summed E-state index contributed by atoms with van der Waals surface area (Å²) in [6.07, 6.45) is 2.03. The Hall–Kier alpha value is -0.644. The molecule has 0 N–H and O–H groups in total. The van der Waals surface area contributed by atoms with Crippen molar-refractivity contribution in [2.24, 2.45) is 0 Å². The van der Waals surface area contributed by atoms with E-state index in [9.17, 15) is 4.79 Å². The van der Waals surface area contributed by atoms with Gasteiger partial charge in [0.1, 0.15) is 0 Å². The Morgan fingerprint density at radius 3 is 2.22 bits per heavy atom. The summed E-state index contributed by atoms with van der Waals surface area (Å²) in [6, 6.07) is 9.87. The second-order valence-corrected chi connectivity index (χ2v) is 3.35. The van der Waals surface area contributed by atoms with E-state index in [2.05, 4.69) is 13.5 Å². The molecule has 0 aliphatic heterocycles. The summed E-state index contributed by atoms with van der Waals surface area (Å²) < 4.78 is 4.79. The number of halogens is 1. The molecule has 0 aliphatic carbocycles. The van der Waals surface area contributed by atoms with Gasteiger partial charge in [-0.1, -0.05) is 19.6 Å². The smallest absolute Gasteiger partial charge is 1.00 e. The van der Waals surface area contributed by atoms with Crippen molar-refractivity contribution in [2.45, 2.75) is 26.4 Å². The molecule has 0 bridgehead atoms. The van der Waals surface area contributed by atoms with Crippen molar-refractivity contribution in [2.75, 3.05) is 0 Å². The zero-order chi connectivity index (χ0) is 12.4. The normalized spacial score (nSPS) is 9.44. The average molecular weight is 279 g/mol. The van der Waals surface area contributed by atoms with Crippen molar-refractivity contribution in [3.63, 3.8) is 0 Å². The van der Waals surface area contributed by atoms with Crippen molar-refractivity contribution >= 4 is 29.0 Å². The van der Waals surface area contributed by atoms with Crippen LogP contribution in [0.1, 0.15) is 25.8 Å². The molecule has 0 saturated carbocycles. The topological polar surface area (TPSA) is 26.3 Å². The van der Waals surface area contributed by atoms with Crippen LogP contribution in [0, 0.1) is 6.92 Å². The van der Waals surface area contributed by atoms with Crippen LogP contribution in [0.3, 0.4) is 0 Å². The van der Waals surface area contributed by atoms with E-state index in [1.165, 1.54) is 6.08 Å². The van der Waals surface area contributed by atoms with Gasteiger partial charge in [-0.05, 0) is 13.3 Å². The molecule has 1 atom stereocenters. The molecule has 0 fully saturated rings. The fourth-order valence-corrected chi connectivity index (χ4v) is 0.808. The zero-order valence-corrected chi connectivity index (χ0v) is 13.2. The molecular formula is C14H19ClMgO2. The molecule has 1 aromatic rings. The Morgan fingerprint density at radius 1 is 1.44 bits per heavy atom. The summed E-state index contributed by atoms with van der Waals surface area (Å²) >= 11 is 0. The van der Waals surface area contributed by atoms with Crippen molar-refractivity contribution < 1.29 is 21.9 Å². The fraction of sp³-hybridized carbons (Fsp3) is 0.286. The Morgan fingerprint density at radius 2 is 1.94 bits per heavy atom. The number of hydrogen-bond donors (Lipinski definition) is 0. The summed E-state index contributed by atoms with van der Waals surface area (Å²) in [5.41, 5.74) is 1.07. The largest absolute Gasteiger partial charge is 2.00 e. The van der Waals surface area contributed by atoms with Gasteiger partial charge in [-0.3, -0.25) is 0 Å². The molecule has 96 valence electrons. The Labute approximate surface area is 132 Å². The van der Waals surface area contributed by atoms with E-state index in [-0.39, 0.29) is 47.5 Å². The average Bonchev–Trinajstić information content (AvgIpc) is 2.30. The second kappa shape index (κ2) is 14.4. The van der Waals surface area contributed by atoms with Crippen LogP contribution >= 0.6 is 0 Å². The molecule has 18 heavy (non-hydrogen) atoms. The Bertz CT molecular complexity index is 315. The van der Waals surface area contributed by atoms with Gasteiger partial charge in [0.05, 0.1) is 6.10 Å². The van der Waals surface area contributed by atoms with E-state index in [1.807, 2.05) is 44.2 Å². The Kier molecular flexibility index (Phi) is 18.0. The molecule has 1 rings (SSSR count). The SMILES string of the molecule is C=CC(=O)OC(C)CC.[CH2-]c1ccccc1.[Cl-].[Mg+2]. The summed E-state index contributed by atoms with van der Waals surface area (Å²) in [5, 5.41) is 0. The van der Waals surface area contributed by atoms with Gasteiger partial charge in [-0.15, -0.1) is 12.1 Å². The van der Waals surface area contributed by atoms with Gasteiger partial charge in [0.2, 0.25) is 0 Å². The maximum atomic E-state index is 10.4. The Balaban J connectivity index is -0.000000229. The van der Waals surface area contributed by atoms with Gasteiger partial charge in [0.15, 0.2) is 0 Å². The van der Waals surface area contributed by atoms with Gasteiger partial charge < -0.3 is 17.1 Å². The number of rotatable bonds is 3. The predicted octanol–water partition coefficient (Wildman–Crippen LogP) is 0.00609. The number of esters is 1. The van der Waals surface area contributed by atoms with E-state index in [1.54, 1.807) is 0 Å². The van der Waals surface area contributed by atoms with Gasteiger partial charge >= 0.3 is 29.0 Å². The quantitative estimate of drug-likeness (QED) is 0.337. The van der Waals surface area contributed by atoms with Crippen molar-refractivity contribution in [3.05, 3.63) is 55.5 Å². The molecule has 0 saturated heterocycles. The molecule has 4 heteroatoms. The second-order valence-electron chi connectivity index (χ2n) is 3.35. The van der Waals surface area contributed by atoms with E-state index in [4.69, 9.17) is 4.74 Å². The first-order valence-corrected chi connectivity index (χ1v) is 5.30. The molecule has 1 aromatic carbocycles. The zero-order valence-electron chi connectivity index (χ0n) is 11.1. The van der Waals surface area contributed by atoms with E-state index in [0.29, 0.717) is 0 Å². The van der Waals surface area contributed by atoms with Crippen LogP contribution in [0.15, 0.2) is 43.0 Å². The predicted molar refractivity (Wildman–Crippen MR) is 72.7 cm³/mol. The van der Waals surface area contributed by atoms with Crippen LogP contribution < -0.4 is 12.4 Å². The summed E-state index contributed by atoms with van der Waals surface area (Å²) in [4.78, 5) is 10.4. The number of ether oxygens (including phenoxy) is 1. The summed E-state index contributed by atoms with van der Waals surface area (Å²) in [7, 11) is 0. The first-order valence-electron chi connectivity index (χ1n) is 5.30. The fourth-order valence-electron chi connectivity index (χ4n) is 0.808. The van der Waals surface area contributed by atoms with Gasteiger partial charge in [0, 0.05) is 6.08 Å². The standard InChI is InChI=1S/C7H12O2.C7H7.ClH.Mg/c1-4-6(3)9-7(8)5-2;1-7-5-3-2-4-6-7;;/h5-6H,2,4H2,1,3H3;2-6H,1H2;1H;/q;-1;;+2/p-1. The van der Waals surface area contributed by atoms with Gasteiger partial charge in [0.25, 0.3) is 0 Å².